The van der Waals surface area contributed by atoms with Crippen molar-refractivity contribution in [3.63, 3.8) is 0 Å². The lowest BCUT2D eigenvalue weighted by Crippen LogP contribution is -2.21. The van der Waals surface area contributed by atoms with Crippen molar-refractivity contribution >= 4 is 22.7 Å². The lowest BCUT2D eigenvalue weighted by molar-refractivity contribution is 0.0520. The van der Waals surface area contributed by atoms with Gasteiger partial charge in [0.05, 0.1) is 30.0 Å². The zero-order chi connectivity index (χ0) is 25.1. The molecule has 186 valence electrons. The van der Waals surface area contributed by atoms with Crippen LogP contribution in [0.1, 0.15) is 48.3 Å². The number of carbonyl (C=O) groups is 1. The first-order valence-corrected chi connectivity index (χ1v) is 12.6. The summed E-state index contributed by atoms with van der Waals surface area (Å²) in [6.07, 6.45) is 3.43. The molecule has 0 unspecified atom stereocenters. The molecule has 0 spiro atoms. The molecule has 7 nitrogen and oxygen atoms in total. The minimum Gasteiger partial charge on any atom is -0.461 e. The van der Waals surface area contributed by atoms with Crippen LogP contribution < -0.4 is 4.90 Å². The van der Waals surface area contributed by atoms with Crippen LogP contribution in [0.2, 0.25) is 0 Å². The van der Waals surface area contributed by atoms with E-state index in [9.17, 15) is 4.79 Å². The largest absolute Gasteiger partial charge is 0.461 e. The summed E-state index contributed by atoms with van der Waals surface area (Å²) in [5.41, 5.74) is 6.03. The molecule has 2 heterocycles. The Hall–Kier alpha value is -3.71. The van der Waals surface area contributed by atoms with Crippen molar-refractivity contribution in [2.45, 2.75) is 32.1 Å². The topological polar surface area (TPSA) is 69.5 Å². The van der Waals surface area contributed by atoms with Gasteiger partial charge in [0.15, 0.2) is 11.3 Å². The molecular weight excluding hydrogens is 452 g/mol. The number of para-hydroxylation sites is 1. The van der Waals surface area contributed by atoms with Gasteiger partial charge in [-0.05, 0) is 61.2 Å². The number of methoxy groups -OCH3 is 1. The number of anilines is 1. The van der Waals surface area contributed by atoms with Gasteiger partial charge in [0.1, 0.15) is 0 Å². The molecule has 5 rings (SSSR count). The van der Waals surface area contributed by atoms with Crippen LogP contribution >= 0.6 is 0 Å². The second kappa shape index (κ2) is 10.5. The van der Waals surface area contributed by atoms with Gasteiger partial charge in [0.25, 0.3) is 0 Å². The van der Waals surface area contributed by atoms with Crippen LogP contribution in [0.3, 0.4) is 0 Å². The highest BCUT2D eigenvalue weighted by atomic mass is 16.5. The van der Waals surface area contributed by atoms with Crippen LogP contribution in [-0.2, 0) is 9.47 Å². The SMILES string of the molecule is CCOC(=O)c1cc(-c2ccc(N(C)CCOC)cc2)c2c(C3CCC3)nn(-c3ccccc3)c2n1. The molecule has 1 saturated carbocycles. The van der Waals surface area contributed by atoms with E-state index in [1.54, 1.807) is 14.0 Å². The normalized spacial score (nSPS) is 13.5. The molecule has 1 aliphatic rings. The van der Waals surface area contributed by atoms with E-state index < -0.39 is 5.97 Å². The van der Waals surface area contributed by atoms with Gasteiger partial charge in [-0.1, -0.05) is 36.8 Å². The second-order valence-electron chi connectivity index (χ2n) is 9.20. The van der Waals surface area contributed by atoms with Crippen LogP contribution in [0.15, 0.2) is 60.7 Å². The highest BCUT2D eigenvalue weighted by Crippen LogP contribution is 2.43. The predicted octanol–water partition coefficient (Wildman–Crippen LogP) is 5.61. The van der Waals surface area contributed by atoms with Gasteiger partial charge in [-0.15, -0.1) is 0 Å². The highest BCUT2D eigenvalue weighted by molar-refractivity contribution is 6.00. The molecule has 1 fully saturated rings. The standard InChI is InChI=1S/C29H32N4O3/c1-4-36-29(34)25-19-24(20-13-15-22(16-14-20)32(2)17-18-35-3)26-27(21-9-8-10-21)31-33(28(26)30-25)23-11-6-5-7-12-23/h5-7,11-16,19,21H,4,8-10,17-18H2,1-3H3. The van der Waals surface area contributed by atoms with E-state index in [1.165, 1.54) is 6.42 Å². The van der Waals surface area contributed by atoms with E-state index in [0.717, 1.165) is 53.0 Å². The number of fused-ring (bicyclic) bond motifs is 1. The fourth-order valence-electron chi connectivity index (χ4n) is 4.65. The van der Waals surface area contributed by atoms with Crippen molar-refractivity contribution < 1.29 is 14.3 Å². The quantitative estimate of drug-likeness (QED) is 0.288. The summed E-state index contributed by atoms with van der Waals surface area (Å²) in [7, 11) is 3.76. The van der Waals surface area contributed by atoms with E-state index >= 15 is 0 Å². The molecule has 1 aliphatic carbocycles. The van der Waals surface area contributed by atoms with Gasteiger partial charge in [0, 0.05) is 32.3 Å². The minimum atomic E-state index is -0.428. The van der Waals surface area contributed by atoms with Crippen molar-refractivity contribution in [1.29, 1.82) is 0 Å². The number of hydrogen-bond acceptors (Lipinski definition) is 6. The van der Waals surface area contributed by atoms with Crippen LogP contribution in [0.5, 0.6) is 0 Å². The average molecular weight is 485 g/mol. The number of carbonyl (C=O) groups excluding carboxylic acids is 1. The summed E-state index contributed by atoms with van der Waals surface area (Å²) < 4.78 is 12.4. The third-order valence-corrected chi connectivity index (χ3v) is 6.89. The minimum absolute atomic E-state index is 0.290. The Balaban J connectivity index is 1.70. The number of aromatic nitrogens is 3. The summed E-state index contributed by atoms with van der Waals surface area (Å²) in [6.45, 7) is 3.56. The maximum Gasteiger partial charge on any atom is 0.357 e. The Morgan fingerprint density at radius 1 is 1.11 bits per heavy atom. The summed E-state index contributed by atoms with van der Waals surface area (Å²) in [5, 5.41) is 6.08. The van der Waals surface area contributed by atoms with E-state index in [2.05, 4.69) is 36.2 Å². The number of esters is 1. The Kier molecular flexibility index (Phi) is 7.00. The zero-order valence-corrected chi connectivity index (χ0v) is 21.1. The molecule has 0 atom stereocenters. The van der Waals surface area contributed by atoms with Crippen LogP contribution in [0.25, 0.3) is 27.8 Å². The Morgan fingerprint density at radius 2 is 1.86 bits per heavy atom. The second-order valence-corrected chi connectivity index (χ2v) is 9.20. The predicted molar refractivity (Wildman–Crippen MR) is 142 cm³/mol. The maximum absolute atomic E-state index is 12.8. The van der Waals surface area contributed by atoms with E-state index in [-0.39, 0.29) is 5.69 Å². The molecule has 0 saturated heterocycles. The lowest BCUT2D eigenvalue weighted by atomic mass is 9.81. The first-order chi connectivity index (χ1) is 17.6. The average Bonchev–Trinajstić information content (AvgIpc) is 3.25. The molecule has 0 amide bonds. The number of benzene rings is 2. The third-order valence-electron chi connectivity index (χ3n) is 6.89. The Bertz CT molecular complexity index is 1340. The van der Waals surface area contributed by atoms with Crippen LogP contribution in [-0.4, -0.2) is 54.6 Å². The Morgan fingerprint density at radius 3 is 2.50 bits per heavy atom. The third kappa shape index (κ3) is 4.58. The number of likely N-dealkylation sites (N-methyl/N-ethyl adjacent to an activating group) is 1. The zero-order valence-electron chi connectivity index (χ0n) is 21.1. The highest BCUT2D eigenvalue weighted by Gasteiger charge is 2.29. The van der Waals surface area contributed by atoms with Crippen molar-refractivity contribution in [2.24, 2.45) is 0 Å². The molecule has 0 N–H and O–H groups in total. The smallest absolute Gasteiger partial charge is 0.357 e. The molecular formula is C29H32N4O3. The van der Waals surface area contributed by atoms with E-state index in [0.29, 0.717) is 24.8 Å². The van der Waals surface area contributed by atoms with E-state index in [1.807, 2.05) is 41.1 Å². The molecule has 36 heavy (non-hydrogen) atoms. The molecule has 0 bridgehead atoms. The maximum atomic E-state index is 12.8. The fraction of sp³-hybridized carbons (Fsp3) is 0.345. The monoisotopic (exact) mass is 484 g/mol. The summed E-state index contributed by atoms with van der Waals surface area (Å²) >= 11 is 0. The van der Waals surface area contributed by atoms with Crippen molar-refractivity contribution in [2.75, 3.05) is 38.8 Å². The number of ether oxygens (including phenoxy) is 2. The van der Waals surface area contributed by atoms with Crippen molar-refractivity contribution in [3.8, 4) is 16.8 Å². The molecule has 0 aliphatic heterocycles. The van der Waals surface area contributed by atoms with Gasteiger partial charge >= 0.3 is 5.97 Å². The summed E-state index contributed by atoms with van der Waals surface area (Å²) in [6, 6.07) is 20.3. The van der Waals surface area contributed by atoms with Crippen LogP contribution in [0.4, 0.5) is 5.69 Å². The van der Waals surface area contributed by atoms with Gasteiger partial charge < -0.3 is 14.4 Å². The molecule has 2 aromatic carbocycles. The van der Waals surface area contributed by atoms with E-state index in [4.69, 9.17) is 19.6 Å². The number of rotatable bonds is 9. The molecule has 2 aromatic heterocycles. The molecule has 7 heteroatoms. The Labute approximate surface area is 211 Å². The number of pyridine rings is 1. The van der Waals surface area contributed by atoms with Gasteiger partial charge in [-0.3, -0.25) is 0 Å². The number of nitrogens with zero attached hydrogens (tertiary/aromatic N) is 4. The summed E-state index contributed by atoms with van der Waals surface area (Å²) in [4.78, 5) is 19.8. The van der Waals surface area contributed by atoms with Crippen LogP contribution in [0, 0.1) is 0 Å². The first-order valence-electron chi connectivity index (χ1n) is 12.6. The van der Waals surface area contributed by atoms with Crippen molar-refractivity contribution in [3.05, 3.63) is 72.1 Å². The lowest BCUT2D eigenvalue weighted by Gasteiger charge is -2.24. The number of hydrogen-bond donors (Lipinski definition) is 0. The van der Waals surface area contributed by atoms with Gasteiger partial charge in [0.2, 0.25) is 0 Å². The van der Waals surface area contributed by atoms with Gasteiger partial charge in [-0.2, -0.15) is 5.10 Å². The molecule has 0 radical (unpaired) electrons. The van der Waals surface area contributed by atoms with Gasteiger partial charge in [-0.25, -0.2) is 14.5 Å². The molecule has 4 aromatic rings. The summed E-state index contributed by atoms with van der Waals surface area (Å²) in [5.74, 6) is -0.0338. The fourth-order valence-corrected chi connectivity index (χ4v) is 4.65. The van der Waals surface area contributed by atoms with Crippen molar-refractivity contribution in [1.82, 2.24) is 14.8 Å². The first kappa shape index (κ1) is 24.0.